The molecular weight excluding hydrogens is 445 g/mol. The van der Waals surface area contributed by atoms with Gasteiger partial charge in [-0.25, -0.2) is 18.1 Å². The monoisotopic (exact) mass is 467 g/mol. The number of nitrogens with zero attached hydrogens (tertiary/aromatic N) is 1. The van der Waals surface area contributed by atoms with Gasteiger partial charge in [-0.05, 0) is 53.4 Å². The van der Waals surface area contributed by atoms with Crippen LogP contribution in [0.5, 0.6) is 5.75 Å². The van der Waals surface area contributed by atoms with Crippen molar-refractivity contribution in [2.75, 3.05) is 13.2 Å². The Balaban J connectivity index is 1.49. The van der Waals surface area contributed by atoms with Crippen LogP contribution in [-0.2, 0) is 22.9 Å². The quantitative estimate of drug-likeness (QED) is 0.362. The van der Waals surface area contributed by atoms with Crippen molar-refractivity contribution in [2.45, 2.75) is 23.8 Å². The average Bonchev–Trinajstić information content (AvgIpc) is 3.45. The summed E-state index contributed by atoms with van der Waals surface area (Å²) < 4.78 is 49.3. The highest BCUT2D eigenvalue weighted by Gasteiger charge is 2.29. The molecule has 4 aromatic rings. The molecule has 170 valence electrons. The van der Waals surface area contributed by atoms with E-state index >= 15 is 0 Å². The fourth-order valence-corrected chi connectivity index (χ4v) is 5.66. The molecule has 0 fully saturated rings. The highest BCUT2D eigenvalue weighted by Crippen LogP contribution is 2.38. The summed E-state index contributed by atoms with van der Waals surface area (Å²) in [5, 5.41) is 10.9. The first-order valence-electron chi connectivity index (χ1n) is 10.5. The molecule has 1 aliphatic rings. The van der Waals surface area contributed by atoms with E-state index in [-0.39, 0.29) is 16.2 Å². The maximum atomic E-state index is 14.3. The number of hydrogen-bond acceptors (Lipinski definition) is 5. The molecule has 0 spiro atoms. The maximum absolute atomic E-state index is 14.3. The van der Waals surface area contributed by atoms with Crippen molar-refractivity contribution in [3.05, 3.63) is 78.0 Å². The van der Waals surface area contributed by atoms with E-state index in [1.807, 2.05) is 30.5 Å². The number of H-pyrrole nitrogens is 1. The number of rotatable bonds is 7. The second-order valence-corrected chi connectivity index (χ2v) is 9.65. The van der Waals surface area contributed by atoms with Crippen molar-refractivity contribution < 1.29 is 22.7 Å². The lowest BCUT2D eigenvalue weighted by Gasteiger charge is -2.18. The van der Waals surface area contributed by atoms with Crippen molar-refractivity contribution in [1.82, 2.24) is 14.7 Å². The molecule has 3 N–H and O–H groups in total. The summed E-state index contributed by atoms with van der Waals surface area (Å²) in [7, 11) is -4.08. The molecule has 33 heavy (non-hydrogen) atoms. The molecule has 1 atom stereocenters. The molecule has 0 aliphatic carbocycles. The number of benzene rings is 2. The van der Waals surface area contributed by atoms with Gasteiger partial charge in [0.15, 0.2) is 0 Å². The zero-order valence-electron chi connectivity index (χ0n) is 17.6. The fourth-order valence-electron chi connectivity index (χ4n) is 4.22. The number of hydrogen-bond donors (Lipinski definition) is 3. The van der Waals surface area contributed by atoms with Crippen LogP contribution in [0.25, 0.3) is 22.0 Å². The van der Waals surface area contributed by atoms with Gasteiger partial charge in [0.25, 0.3) is 0 Å². The number of aliphatic hydroxyl groups is 1. The largest absolute Gasteiger partial charge is 0.492 e. The molecule has 0 amide bonds. The minimum Gasteiger partial charge on any atom is -0.492 e. The van der Waals surface area contributed by atoms with E-state index in [1.165, 1.54) is 12.3 Å². The zero-order valence-corrected chi connectivity index (χ0v) is 18.4. The highest BCUT2D eigenvalue weighted by molar-refractivity contribution is 7.89. The van der Waals surface area contributed by atoms with E-state index < -0.39 is 28.6 Å². The summed E-state index contributed by atoms with van der Waals surface area (Å²) in [5.41, 5.74) is 3.13. The molecule has 0 saturated heterocycles. The van der Waals surface area contributed by atoms with E-state index in [9.17, 15) is 17.9 Å². The molecule has 2 aromatic carbocycles. The van der Waals surface area contributed by atoms with Crippen molar-refractivity contribution in [3.8, 4) is 16.9 Å². The first-order valence-corrected chi connectivity index (χ1v) is 12.0. The number of aromatic nitrogens is 2. The van der Waals surface area contributed by atoms with Crippen LogP contribution in [-0.4, -0.2) is 42.7 Å². The van der Waals surface area contributed by atoms with Crippen molar-refractivity contribution in [1.29, 1.82) is 0 Å². The Morgan fingerprint density at radius 1 is 1.21 bits per heavy atom. The Morgan fingerprint density at radius 2 is 2.06 bits per heavy atom. The number of sulfonamides is 1. The third-order valence-corrected chi connectivity index (χ3v) is 7.32. The van der Waals surface area contributed by atoms with Gasteiger partial charge in [0, 0.05) is 41.3 Å². The minimum absolute atomic E-state index is 0.0758. The summed E-state index contributed by atoms with van der Waals surface area (Å²) in [6.07, 6.45) is 3.96. The molecule has 5 rings (SSSR count). The lowest BCUT2D eigenvalue weighted by molar-refractivity contribution is 0.256. The Labute approximate surface area is 190 Å². The van der Waals surface area contributed by atoms with Crippen LogP contribution in [0.4, 0.5) is 4.39 Å². The highest BCUT2D eigenvalue weighted by atomic mass is 32.2. The molecule has 0 unspecified atom stereocenters. The van der Waals surface area contributed by atoms with E-state index in [0.29, 0.717) is 30.6 Å². The number of pyridine rings is 1. The summed E-state index contributed by atoms with van der Waals surface area (Å²) in [5.74, 6) is -0.417. The van der Waals surface area contributed by atoms with Gasteiger partial charge < -0.3 is 14.8 Å². The fraction of sp³-hybridized carbons (Fsp3) is 0.208. The zero-order chi connectivity index (χ0) is 23.0. The maximum Gasteiger partial charge on any atom is 0.244 e. The number of ether oxygens (including phenoxy) is 1. The minimum atomic E-state index is -4.08. The lowest BCUT2D eigenvalue weighted by Crippen LogP contribution is -2.39. The number of fused-ring (bicyclic) bond motifs is 2. The molecule has 0 bridgehead atoms. The Hall–Kier alpha value is -3.27. The van der Waals surface area contributed by atoms with Crippen LogP contribution in [0.3, 0.4) is 0 Å². The van der Waals surface area contributed by atoms with Crippen LogP contribution in [0.2, 0.25) is 0 Å². The third-order valence-electron chi connectivity index (χ3n) is 5.79. The van der Waals surface area contributed by atoms with E-state index in [1.54, 1.807) is 18.2 Å². The van der Waals surface area contributed by atoms with Crippen molar-refractivity contribution in [2.24, 2.45) is 0 Å². The summed E-state index contributed by atoms with van der Waals surface area (Å²) in [6, 6.07) is 13.2. The first-order chi connectivity index (χ1) is 16.0. The molecular formula is C24H22FN3O4S. The number of aromatic amines is 1. The van der Waals surface area contributed by atoms with Gasteiger partial charge in [-0.1, -0.05) is 18.2 Å². The number of para-hydroxylation sites is 1. The standard InChI is InChI=1S/C24H22FN3O4S/c25-24-20(5-3-8-26-24)16-10-15-7-9-32-23(15)22(12-16)33(30,31)28-18(14-29)11-17-13-27-21-6-2-1-4-19(17)21/h1-6,8,10,12-13,18,27-29H,7,9,11,14H2/t18-/m1/s1. The van der Waals surface area contributed by atoms with Gasteiger partial charge in [0.05, 0.1) is 13.2 Å². The Kier molecular flexibility index (Phi) is 5.61. The van der Waals surface area contributed by atoms with Crippen LogP contribution in [0.15, 0.2) is 65.8 Å². The Bertz CT molecular complexity index is 1430. The molecule has 9 heteroatoms. The van der Waals surface area contributed by atoms with E-state index in [2.05, 4.69) is 14.7 Å². The van der Waals surface area contributed by atoms with Crippen LogP contribution in [0.1, 0.15) is 11.1 Å². The normalized spacial score (nSPS) is 14.2. The van der Waals surface area contributed by atoms with Gasteiger partial charge >= 0.3 is 0 Å². The van der Waals surface area contributed by atoms with E-state index in [4.69, 9.17) is 4.74 Å². The van der Waals surface area contributed by atoms with Gasteiger partial charge in [-0.15, -0.1) is 0 Å². The summed E-state index contributed by atoms with van der Waals surface area (Å²) in [6.45, 7) is -0.0473. The molecule has 7 nitrogen and oxygen atoms in total. The smallest absolute Gasteiger partial charge is 0.244 e. The molecule has 0 saturated carbocycles. The van der Waals surface area contributed by atoms with Crippen molar-refractivity contribution in [3.63, 3.8) is 0 Å². The number of aliphatic hydroxyl groups excluding tert-OH is 1. The first kappa shape index (κ1) is 21.6. The Morgan fingerprint density at radius 3 is 2.88 bits per heavy atom. The van der Waals surface area contributed by atoms with Crippen LogP contribution >= 0.6 is 0 Å². The van der Waals surface area contributed by atoms with Crippen molar-refractivity contribution >= 4 is 20.9 Å². The topological polar surface area (TPSA) is 104 Å². The third kappa shape index (κ3) is 4.10. The molecule has 3 heterocycles. The van der Waals surface area contributed by atoms with Crippen LogP contribution < -0.4 is 9.46 Å². The second-order valence-electron chi connectivity index (χ2n) is 7.97. The SMILES string of the molecule is O=S(=O)(N[C@@H](CO)Cc1c[nH]c2ccccc12)c1cc(-c2cccnc2F)cc2c1OCC2. The lowest BCUT2D eigenvalue weighted by atomic mass is 10.0. The summed E-state index contributed by atoms with van der Waals surface area (Å²) in [4.78, 5) is 6.75. The molecule has 0 radical (unpaired) electrons. The predicted octanol–water partition coefficient (Wildman–Crippen LogP) is 3.19. The van der Waals surface area contributed by atoms with Gasteiger partial charge in [-0.2, -0.15) is 4.39 Å². The van der Waals surface area contributed by atoms with Gasteiger partial charge in [-0.3, -0.25) is 0 Å². The molecule has 1 aliphatic heterocycles. The molecule has 2 aromatic heterocycles. The number of nitrogens with one attached hydrogen (secondary N) is 2. The van der Waals surface area contributed by atoms with Gasteiger partial charge in [0.1, 0.15) is 10.6 Å². The van der Waals surface area contributed by atoms with Crippen LogP contribution in [0, 0.1) is 5.95 Å². The average molecular weight is 468 g/mol. The number of halogens is 1. The second kappa shape index (κ2) is 8.58. The summed E-state index contributed by atoms with van der Waals surface area (Å²) >= 11 is 0. The van der Waals surface area contributed by atoms with E-state index in [0.717, 1.165) is 16.5 Å². The predicted molar refractivity (Wildman–Crippen MR) is 122 cm³/mol. The van der Waals surface area contributed by atoms with Gasteiger partial charge in [0.2, 0.25) is 16.0 Å².